The number of hydrogen-bond acceptors (Lipinski definition) is 2. The average Bonchev–Trinajstić information content (AvgIpc) is 4.01. The predicted octanol–water partition coefficient (Wildman–Crippen LogP) is 15.3. The van der Waals surface area contributed by atoms with Crippen molar-refractivity contribution >= 4 is 43.6 Å². The first kappa shape index (κ1) is 38.3. The molecular formula is C63H38N4. The monoisotopic (exact) mass is 850 g/mol. The first-order chi connectivity index (χ1) is 33.2. The fourth-order valence-electron chi connectivity index (χ4n) is 11.2. The Morgan fingerprint density at radius 3 is 1.46 bits per heavy atom. The van der Waals surface area contributed by atoms with Crippen LogP contribution in [-0.4, -0.2) is 9.13 Å². The van der Waals surface area contributed by atoms with Gasteiger partial charge in [0.25, 0.3) is 0 Å². The molecule has 1 aliphatic rings. The smallest absolute Gasteiger partial charge is 0.104 e. The van der Waals surface area contributed by atoms with Gasteiger partial charge in [0.15, 0.2) is 0 Å². The molecule has 4 heteroatoms. The van der Waals surface area contributed by atoms with E-state index in [4.69, 9.17) is 0 Å². The van der Waals surface area contributed by atoms with Gasteiger partial charge in [-0.25, -0.2) is 0 Å². The van der Waals surface area contributed by atoms with Crippen LogP contribution in [0.4, 0.5) is 0 Å². The molecule has 4 nitrogen and oxygen atoms in total. The minimum Gasteiger partial charge on any atom is -0.308 e. The fourth-order valence-corrected chi connectivity index (χ4v) is 11.2. The Kier molecular flexibility index (Phi) is 8.52. The first-order valence-electron chi connectivity index (χ1n) is 22.6. The Labute approximate surface area is 387 Å². The van der Waals surface area contributed by atoms with Crippen molar-refractivity contribution in [3.8, 4) is 56.9 Å². The number of nitriles is 2. The highest BCUT2D eigenvalue weighted by molar-refractivity contribution is 6.14. The zero-order valence-corrected chi connectivity index (χ0v) is 36.2. The molecule has 310 valence electrons. The van der Waals surface area contributed by atoms with Crippen molar-refractivity contribution in [1.82, 2.24) is 9.13 Å². The SMILES string of the molecule is N#Cc1ccc(-n2c3ccccc3c3cc4c(cc32)C(c2ccccc2)(c2ccccc2)c2ccccc2-4)c(C#N)c1-n1c2cc(-c3ccccc3)ccc2c2ccc(-c3ccccc3)cc21. The number of fused-ring (bicyclic) bond motifs is 9. The van der Waals surface area contributed by atoms with Crippen LogP contribution < -0.4 is 0 Å². The molecule has 0 saturated heterocycles. The standard InChI is InChI=1S/C63H38N4/c64-39-45-31-34-58(54(40-65)62(45)67-59-35-43(41-17-5-1-6-18-41)29-32-50(59)51-33-30-44(36-60(51)67)42-19-7-2-8-20-42)66-57-28-16-14-26-49(57)53-37-52-48-25-13-15-27-55(48)63(56(52)38-61(53)66,46-21-9-3-10-22-46)47-23-11-4-12-24-47/h1-38H. The van der Waals surface area contributed by atoms with Crippen molar-refractivity contribution < 1.29 is 0 Å². The highest BCUT2D eigenvalue weighted by Gasteiger charge is 2.46. The van der Waals surface area contributed by atoms with Crippen LogP contribution >= 0.6 is 0 Å². The average molecular weight is 851 g/mol. The third kappa shape index (κ3) is 5.51. The van der Waals surface area contributed by atoms with E-state index in [0.717, 1.165) is 65.9 Å². The number of para-hydroxylation sites is 1. The summed E-state index contributed by atoms with van der Waals surface area (Å²) < 4.78 is 4.43. The van der Waals surface area contributed by atoms with Crippen LogP contribution in [0.5, 0.6) is 0 Å². The summed E-state index contributed by atoms with van der Waals surface area (Å²) in [5.41, 5.74) is 16.7. The normalized spacial score (nSPS) is 12.6. The number of benzene rings is 10. The van der Waals surface area contributed by atoms with Crippen molar-refractivity contribution in [2.75, 3.05) is 0 Å². The number of hydrogen-bond donors (Lipinski definition) is 0. The van der Waals surface area contributed by atoms with E-state index < -0.39 is 5.41 Å². The molecule has 67 heavy (non-hydrogen) atoms. The van der Waals surface area contributed by atoms with Crippen LogP contribution in [-0.2, 0) is 5.41 Å². The summed E-state index contributed by atoms with van der Waals surface area (Å²) in [7, 11) is 0. The van der Waals surface area contributed by atoms with Gasteiger partial charge in [-0.15, -0.1) is 0 Å². The van der Waals surface area contributed by atoms with Crippen LogP contribution in [0.25, 0.3) is 88.4 Å². The molecule has 0 unspecified atom stereocenters. The third-order valence-electron chi connectivity index (χ3n) is 14.1. The number of nitrogens with zero attached hydrogens (tertiary/aromatic N) is 4. The first-order valence-corrected chi connectivity index (χ1v) is 22.6. The molecule has 0 fully saturated rings. The van der Waals surface area contributed by atoms with Crippen molar-refractivity contribution in [2.45, 2.75) is 5.41 Å². The van der Waals surface area contributed by atoms with Gasteiger partial charge >= 0.3 is 0 Å². The molecule has 0 atom stereocenters. The zero-order chi connectivity index (χ0) is 44.6. The van der Waals surface area contributed by atoms with E-state index in [9.17, 15) is 10.5 Å². The van der Waals surface area contributed by atoms with E-state index in [-0.39, 0.29) is 0 Å². The topological polar surface area (TPSA) is 57.4 Å². The van der Waals surface area contributed by atoms with Gasteiger partial charge in [0.1, 0.15) is 17.7 Å². The lowest BCUT2D eigenvalue weighted by Crippen LogP contribution is -2.28. The Morgan fingerprint density at radius 1 is 0.343 bits per heavy atom. The van der Waals surface area contributed by atoms with Crippen molar-refractivity contribution in [3.63, 3.8) is 0 Å². The lowest BCUT2D eigenvalue weighted by atomic mass is 9.67. The minimum absolute atomic E-state index is 0.414. The second kappa shape index (κ2) is 14.9. The molecule has 12 aromatic rings. The van der Waals surface area contributed by atoms with Gasteiger partial charge in [0.2, 0.25) is 0 Å². The predicted molar refractivity (Wildman–Crippen MR) is 273 cm³/mol. The second-order valence-electron chi connectivity index (χ2n) is 17.4. The zero-order valence-electron chi connectivity index (χ0n) is 36.2. The maximum atomic E-state index is 11.7. The maximum absolute atomic E-state index is 11.7. The second-order valence-corrected chi connectivity index (χ2v) is 17.4. The lowest BCUT2D eigenvalue weighted by Gasteiger charge is -2.34. The Hall–Kier alpha value is -9.22. The molecule has 0 amide bonds. The Bertz CT molecular complexity index is 3900. The van der Waals surface area contributed by atoms with E-state index in [1.54, 1.807) is 0 Å². The molecule has 0 saturated carbocycles. The summed E-state index contributed by atoms with van der Waals surface area (Å²) in [5, 5.41) is 27.1. The van der Waals surface area contributed by atoms with E-state index in [1.165, 1.54) is 33.4 Å². The maximum Gasteiger partial charge on any atom is 0.104 e. The largest absolute Gasteiger partial charge is 0.308 e. The molecule has 0 radical (unpaired) electrons. The molecule has 13 rings (SSSR count). The third-order valence-corrected chi connectivity index (χ3v) is 14.1. The number of rotatable bonds is 6. The Morgan fingerprint density at radius 2 is 0.866 bits per heavy atom. The molecule has 2 aromatic heterocycles. The van der Waals surface area contributed by atoms with Crippen LogP contribution in [0.2, 0.25) is 0 Å². The Balaban J connectivity index is 1.15. The van der Waals surface area contributed by atoms with Crippen LogP contribution in [0.3, 0.4) is 0 Å². The molecule has 0 bridgehead atoms. The quantitative estimate of drug-likeness (QED) is 0.167. The van der Waals surface area contributed by atoms with Crippen molar-refractivity contribution in [3.05, 3.63) is 264 Å². The van der Waals surface area contributed by atoms with Gasteiger partial charge in [-0.1, -0.05) is 188 Å². The summed E-state index contributed by atoms with van der Waals surface area (Å²) >= 11 is 0. The molecule has 2 heterocycles. The van der Waals surface area contributed by atoms with Crippen LogP contribution in [0, 0.1) is 22.7 Å². The minimum atomic E-state index is -0.617. The molecule has 0 aliphatic heterocycles. The van der Waals surface area contributed by atoms with E-state index in [1.807, 2.05) is 24.3 Å². The lowest BCUT2D eigenvalue weighted by molar-refractivity contribution is 0.769. The van der Waals surface area contributed by atoms with Crippen molar-refractivity contribution in [2.24, 2.45) is 0 Å². The highest BCUT2D eigenvalue weighted by Crippen LogP contribution is 2.57. The summed E-state index contributed by atoms with van der Waals surface area (Å²) in [6.07, 6.45) is 0. The summed E-state index contributed by atoms with van der Waals surface area (Å²) in [6.45, 7) is 0. The van der Waals surface area contributed by atoms with Crippen LogP contribution in [0.1, 0.15) is 33.4 Å². The van der Waals surface area contributed by atoms with Gasteiger partial charge < -0.3 is 9.13 Å². The molecular weight excluding hydrogens is 813 g/mol. The fraction of sp³-hybridized carbons (Fsp3) is 0.0159. The summed E-state index contributed by atoms with van der Waals surface area (Å²) in [4.78, 5) is 0. The van der Waals surface area contributed by atoms with Crippen molar-refractivity contribution in [1.29, 1.82) is 10.5 Å². The van der Waals surface area contributed by atoms with Gasteiger partial charge in [-0.2, -0.15) is 10.5 Å². The van der Waals surface area contributed by atoms with E-state index in [2.05, 4.69) is 228 Å². The highest BCUT2D eigenvalue weighted by atomic mass is 15.0. The summed E-state index contributed by atoms with van der Waals surface area (Å²) in [6, 6.07) is 86.7. The van der Waals surface area contributed by atoms with E-state index in [0.29, 0.717) is 22.5 Å². The van der Waals surface area contributed by atoms with Gasteiger partial charge in [-0.3, -0.25) is 0 Å². The summed E-state index contributed by atoms with van der Waals surface area (Å²) in [5.74, 6) is 0. The van der Waals surface area contributed by atoms with Crippen LogP contribution in [0.15, 0.2) is 231 Å². The van der Waals surface area contributed by atoms with Gasteiger partial charge in [0, 0.05) is 21.5 Å². The number of aromatic nitrogens is 2. The molecule has 0 spiro atoms. The molecule has 10 aromatic carbocycles. The van der Waals surface area contributed by atoms with E-state index >= 15 is 0 Å². The molecule has 0 N–H and O–H groups in total. The van der Waals surface area contributed by atoms with Gasteiger partial charge in [0.05, 0.1) is 44.4 Å². The molecule has 1 aliphatic carbocycles. The van der Waals surface area contributed by atoms with Gasteiger partial charge in [-0.05, 0) is 98.1 Å².